The summed E-state index contributed by atoms with van der Waals surface area (Å²) < 4.78 is 0.600. The molecule has 7 heteroatoms. The summed E-state index contributed by atoms with van der Waals surface area (Å²) in [7, 11) is 0. The summed E-state index contributed by atoms with van der Waals surface area (Å²) in [4.78, 5) is 22.0. The van der Waals surface area contributed by atoms with E-state index >= 15 is 0 Å². The number of anilines is 1. The van der Waals surface area contributed by atoms with E-state index < -0.39 is 4.92 Å². The summed E-state index contributed by atoms with van der Waals surface area (Å²) in [5.74, 6) is -0.617. The van der Waals surface area contributed by atoms with Crippen molar-refractivity contribution < 1.29 is 9.72 Å². The Morgan fingerprint density at radius 2 is 2.22 bits per heavy atom. The Morgan fingerprint density at radius 3 is 2.72 bits per heavy atom. The maximum atomic E-state index is 11.7. The lowest BCUT2D eigenvalue weighted by molar-refractivity contribution is -0.385. The molecule has 0 heterocycles. The topological polar surface area (TPSA) is 98.3 Å². The van der Waals surface area contributed by atoms with Gasteiger partial charge in [0.2, 0.25) is 5.91 Å². The van der Waals surface area contributed by atoms with Crippen LogP contribution in [0.4, 0.5) is 11.4 Å². The summed E-state index contributed by atoms with van der Waals surface area (Å²) >= 11 is 3.26. The van der Waals surface area contributed by atoms with Crippen LogP contribution in [0.15, 0.2) is 16.6 Å². The van der Waals surface area contributed by atoms with Crippen molar-refractivity contribution in [2.45, 2.75) is 13.8 Å². The first kappa shape index (κ1) is 14.6. The average molecular weight is 316 g/mol. The van der Waals surface area contributed by atoms with Crippen LogP contribution < -0.4 is 11.1 Å². The maximum Gasteiger partial charge on any atom is 0.274 e. The molecular formula is C11H14BrN3O3. The van der Waals surface area contributed by atoms with Crippen LogP contribution in [0, 0.1) is 23.0 Å². The first-order valence-electron chi connectivity index (χ1n) is 5.32. The Hall–Kier alpha value is -1.47. The van der Waals surface area contributed by atoms with E-state index in [1.807, 2.05) is 0 Å². The maximum absolute atomic E-state index is 11.7. The molecule has 0 aromatic heterocycles. The van der Waals surface area contributed by atoms with E-state index in [9.17, 15) is 14.9 Å². The van der Waals surface area contributed by atoms with Crippen LogP contribution in [0.1, 0.15) is 12.5 Å². The van der Waals surface area contributed by atoms with E-state index in [1.54, 1.807) is 19.9 Å². The number of carbonyl (C=O) groups is 1. The van der Waals surface area contributed by atoms with Crippen molar-refractivity contribution in [1.82, 2.24) is 0 Å². The van der Waals surface area contributed by atoms with Crippen LogP contribution in [0.5, 0.6) is 0 Å². The summed E-state index contributed by atoms with van der Waals surface area (Å²) in [6, 6.07) is 2.93. The molecule has 1 atom stereocenters. The second kappa shape index (κ2) is 5.92. The number of nitro benzene ring substituents is 1. The first-order valence-corrected chi connectivity index (χ1v) is 6.11. The highest BCUT2D eigenvalue weighted by Crippen LogP contribution is 2.30. The molecule has 3 N–H and O–H groups in total. The van der Waals surface area contributed by atoms with E-state index in [0.29, 0.717) is 15.7 Å². The lowest BCUT2D eigenvalue weighted by atomic mass is 10.1. The number of rotatable bonds is 4. The molecule has 0 fully saturated rings. The van der Waals surface area contributed by atoms with Crippen LogP contribution in [-0.4, -0.2) is 17.4 Å². The van der Waals surface area contributed by atoms with E-state index in [2.05, 4.69) is 21.2 Å². The molecule has 0 spiro atoms. The number of amides is 1. The zero-order valence-electron chi connectivity index (χ0n) is 10.1. The van der Waals surface area contributed by atoms with Gasteiger partial charge in [-0.25, -0.2) is 0 Å². The fourth-order valence-electron chi connectivity index (χ4n) is 1.32. The number of carbonyl (C=O) groups excluding carboxylic acids is 1. The third kappa shape index (κ3) is 3.27. The van der Waals surface area contributed by atoms with Crippen molar-refractivity contribution in [2.24, 2.45) is 11.7 Å². The summed E-state index contributed by atoms with van der Waals surface area (Å²) in [5.41, 5.74) is 6.25. The second-order valence-electron chi connectivity index (χ2n) is 4.00. The van der Waals surface area contributed by atoms with Crippen molar-refractivity contribution >= 4 is 33.2 Å². The number of nitrogens with one attached hydrogen (secondary N) is 1. The molecule has 18 heavy (non-hydrogen) atoms. The molecule has 0 bridgehead atoms. The lowest BCUT2D eigenvalue weighted by Crippen LogP contribution is -2.26. The van der Waals surface area contributed by atoms with Gasteiger partial charge in [-0.15, -0.1) is 0 Å². The predicted octanol–water partition coefficient (Wildman–Crippen LogP) is 2.20. The summed E-state index contributed by atoms with van der Waals surface area (Å²) in [5, 5.41) is 13.4. The number of nitrogens with two attached hydrogens (primary N) is 1. The summed E-state index contributed by atoms with van der Waals surface area (Å²) in [6.45, 7) is 3.54. The normalized spacial score (nSPS) is 12.0. The molecule has 1 rings (SSSR count). The van der Waals surface area contributed by atoms with Crippen molar-refractivity contribution in [1.29, 1.82) is 0 Å². The standard InChI is InChI=1S/C11H14BrN3O3/c1-6-3-8(12)9(4-10(6)15(17)18)14-11(16)7(2)5-13/h3-4,7H,5,13H2,1-2H3,(H,14,16). The molecule has 1 unspecified atom stereocenters. The van der Waals surface area contributed by atoms with Gasteiger partial charge in [0.1, 0.15) is 0 Å². The van der Waals surface area contributed by atoms with Crippen molar-refractivity contribution in [3.63, 3.8) is 0 Å². The van der Waals surface area contributed by atoms with Gasteiger partial charge in [-0.1, -0.05) is 6.92 Å². The molecule has 98 valence electrons. The number of halogens is 1. The van der Waals surface area contributed by atoms with E-state index in [-0.39, 0.29) is 24.1 Å². The molecule has 1 aromatic rings. The molecule has 0 aliphatic carbocycles. The van der Waals surface area contributed by atoms with Gasteiger partial charge < -0.3 is 11.1 Å². The minimum absolute atomic E-state index is 0.0334. The van der Waals surface area contributed by atoms with Gasteiger partial charge >= 0.3 is 0 Å². The molecule has 1 amide bonds. The van der Waals surface area contributed by atoms with Gasteiger partial charge in [-0.05, 0) is 28.9 Å². The van der Waals surface area contributed by atoms with Crippen LogP contribution in [0.25, 0.3) is 0 Å². The highest BCUT2D eigenvalue weighted by atomic mass is 79.9. The molecule has 0 aliphatic heterocycles. The van der Waals surface area contributed by atoms with Crippen LogP contribution >= 0.6 is 15.9 Å². The average Bonchev–Trinajstić information content (AvgIpc) is 2.30. The number of benzene rings is 1. The van der Waals surface area contributed by atoms with Crippen molar-refractivity contribution in [3.8, 4) is 0 Å². The Morgan fingerprint density at radius 1 is 1.61 bits per heavy atom. The Balaban J connectivity index is 3.06. The largest absolute Gasteiger partial charge is 0.330 e. The molecule has 1 aromatic carbocycles. The zero-order chi connectivity index (χ0) is 13.9. The van der Waals surface area contributed by atoms with E-state index in [0.717, 1.165) is 0 Å². The molecule has 0 saturated carbocycles. The highest BCUT2D eigenvalue weighted by Gasteiger charge is 2.17. The van der Waals surface area contributed by atoms with Gasteiger partial charge in [0.15, 0.2) is 0 Å². The number of hydrogen-bond donors (Lipinski definition) is 2. The number of aryl methyl sites for hydroxylation is 1. The molecule has 6 nitrogen and oxygen atoms in total. The Kier molecular flexibility index (Phi) is 4.80. The third-order valence-corrected chi connectivity index (χ3v) is 3.20. The zero-order valence-corrected chi connectivity index (χ0v) is 11.7. The molecule has 0 saturated heterocycles. The smallest absolute Gasteiger partial charge is 0.274 e. The fraction of sp³-hybridized carbons (Fsp3) is 0.364. The Bertz CT molecular complexity index is 491. The van der Waals surface area contributed by atoms with Gasteiger partial charge in [0.05, 0.1) is 10.6 Å². The van der Waals surface area contributed by atoms with Gasteiger partial charge in [0.25, 0.3) is 5.69 Å². The Labute approximate surface area is 113 Å². The quantitative estimate of drug-likeness (QED) is 0.657. The SMILES string of the molecule is Cc1cc(Br)c(NC(=O)C(C)CN)cc1[N+](=O)[O-]. The molecule has 0 radical (unpaired) electrons. The minimum atomic E-state index is -0.482. The van der Waals surface area contributed by atoms with Crippen molar-refractivity contribution in [3.05, 3.63) is 32.3 Å². The van der Waals surface area contributed by atoms with Crippen LogP contribution in [0.3, 0.4) is 0 Å². The first-order chi connectivity index (χ1) is 8.36. The van der Waals surface area contributed by atoms with Crippen LogP contribution in [0.2, 0.25) is 0 Å². The number of hydrogen-bond acceptors (Lipinski definition) is 4. The molecule has 0 aliphatic rings. The predicted molar refractivity (Wildman–Crippen MR) is 72.4 cm³/mol. The van der Waals surface area contributed by atoms with Crippen molar-refractivity contribution in [2.75, 3.05) is 11.9 Å². The molecular weight excluding hydrogens is 302 g/mol. The van der Waals surface area contributed by atoms with Gasteiger partial charge in [-0.2, -0.15) is 0 Å². The monoisotopic (exact) mass is 315 g/mol. The number of nitro groups is 1. The van der Waals surface area contributed by atoms with E-state index in [1.165, 1.54) is 6.07 Å². The third-order valence-electron chi connectivity index (χ3n) is 2.54. The second-order valence-corrected chi connectivity index (χ2v) is 4.86. The number of nitrogens with zero attached hydrogens (tertiary/aromatic N) is 1. The highest BCUT2D eigenvalue weighted by molar-refractivity contribution is 9.10. The van der Waals surface area contributed by atoms with E-state index in [4.69, 9.17) is 5.73 Å². The summed E-state index contributed by atoms with van der Waals surface area (Å²) in [6.07, 6.45) is 0. The lowest BCUT2D eigenvalue weighted by Gasteiger charge is -2.12. The minimum Gasteiger partial charge on any atom is -0.330 e. The fourth-order valence-corrected chi connectivity index (χ4v) is 1.87. The van der Waals surface area contributed by atoms with Gasteiger partial charge in [-0.3, -0.25) is 14.9 Å². The van der Waals surface area contributed by atoms with Crippen LogP contribution in [-0.2, 0) is 4.79 Å². The van der Waals surface area contributed by atoms with Gasteiger partial charge in [0, 0.05) is 28.6 Å².